The average Bonchev–Trinajstić information content (AvgIpc) is 2.66. The number of methoxy groups -OCH3 is 1. The molecule has 1 rings (SSSR count). The van der Waals surface area contributed by atoms with Crippen molar-refractivity contribution in [2.45, 2.75) is 44.7 Å². The zero-order valence-electron chi connectivity index (χ0n) is 9.74. The first-order chi connectivity index (χ1) is 7.15. The van der Waals surface area contributed by atoms with Gasteiger partial charge in [0, 0.05) is 25.7 Å². The van der Waals surface area contributed by atoms with Gasteiger partial charge in [-0.2, -0.15) is 0 Å². The minimum absolute atomic E-state index is 0.402. The standard InChI is InChI=1S/C11H22N2OS/c1-9(8-14-2)13(7-11(12)15)10-5-3-4-6-10/h9-10H,3-8H2,1-2H3,(H2,12,15). The smallest absolute Gasteiger partial charge is 0.0870 e. The molecule has 0 bridgehead atoms. The number of nitrogens with two attached hydrogens (primary N) is 1. The number of ether oxygens (including phenoxy) is 1. The molecular weight excluding hydrogens is 208 g/mol. The molecule has 1 unspecified atom stereocenters. The predicted molar refractivity (Wildman–Crippen MR) is 67.1 cm³/mol. The third-order valence-electron chi connectivity index (χ3n) is 3.11. The first-order valence-electron chi connectivity index (χ1n) is 5.68. The number of hydrogen-bond acceptors (Lipinski definition) is 3. The van der Waals surface area contributed by atoms with E-state index >= 15 is 0 Å². The predicted octanol–water partition coefficient (Wildman–Crippen LogP) is 1.55. The highest BCUT2D eigenvalue weighted by Gasteiger charge is 2.26. The third kappa shape index (κ3) is 4.05. The molecule has 3 nitrogen and oxygen atoms in total. The number of thiocarbonyl (C=S) groups is 1. The van der Waals surface area contributed by atoms with Gasteiger partial charge in [0.05, 0.1) is 11.6 Å². The number of nitrogens with zero attached hydrogens (tertiary/aromatic N) is 1. The van der Waals surface area contributed by atoms with Crippen molar-refractivity contribution >= 4 is 17.2 Å². The van der Waals surface area contributed by atoms with Gasteiger partial charge in [-0.3, -0.25) is 4.90 Å². The van der Waals surface area contributed by atoms with E-state index in [-0.39, 0.29) is 0 Å². The summed E-state index contributed by atoms with van der Waals surface area (Å²) in [6.07, 6.45) is 5.21. The van der Waals surface area contributed by atoms with Crippen molar-refractivity contribution in [1.82, 2.24) is 4.90 Å². The Bertz CT molecular complexity index is 205. The quantitative estimate of drug-likeness (QED) is 0.703. The van der Waals surface area contributed by atoms with Gasteiger partial charge >= 0.3 is 0 Å². The van der Waals surface area contributed by atoms with Gasteiger partial charge in [0.1, 0.15) is 0 Å². The summed E-state index contributed by atoms with van der Waals surface area (Å²) in [5.74, 6) is 0. The van der Waals surface area contributed by atoms with Crippen LogP contribution in [0, 0.1) is 0 Å². The molecule has 1 saturated carbocycles. The van der Waals surface area contributed by atoms with Gasteiger partial charge in [-0.25, -0.2) is 0 Å². The molecule has 0 heterocycles. The Hall–Kier alpha value is -0.190. The molecule has 0 saturated heterocycles. The van der Waals surface area contributed by atoms with E-state index in [2.05, 4.69) is 11.8 Å². The zero-order chi connectivity index (χ0) is 11.3. The Morgan fingerprint density at radius 3 is 2.60 bits per heavy atom. The fraction of sp³-hybridized carbons (Fsp3) is 0.909. The molecule has 0 spiro atoms. The van der Waals surface area contributed by atoms with E-state index in [0.717, 1.165) is 13.2 Å². The van der Waals surface area contributed by atoms with Crippen molar-refractivity contribution in [3.63, 3.8) is 0 Å². The van der Waals surface area contributed by atoms with Crippen LogP contribution in [0.25, 0.3) is 0 Å². The molecule has 4 heteroatoms. The Morgan fingerprint density at radius 2 is 2.13 bits per heavy atom. The summed E-state index contributed by atoms with van der Waals surface area (Å²) >= 11 is 5.01. The van der Waals surface area contributed by atoms with E-state index < -0.39 is 0 Å². The van der Waals surface area contributed by atoms with Crippen LogP contribution in [0.1, 0.15) is 32.6 Å². The van der Waals surface area contributed by atoms with E-state index in [1.165, 1.54) is 25.7 Å². The number of hydrogen-bond donors (Lipinski definition) is 1. The van der Waals surface area contributed by atoms with Crippen molar-refractivity contribution in [3.8, 4) is 0 Å². The van der Waals surface area contributed by atoms with Crippen LogP contribution in [0.2, 0.25) is 0 Å². The summed E-state index contributed by atoms with van der Waals surface area (Å²) in [6.45, 7) is 3.66. The summed E-state index contributed by atoms with van der Waals surface area (Å²) in [5, 5.41) is 0. The maximum atomic E-state index is 5.64. The van der Waals surface area contributed by atoms with Gasteiger partial charge in [0.25, 0.3) is 0 Å². The van der Waals surface area contributed by atoms with Gasteiger partial charge < -0.3 is 10.5 Å². The average molecular weight is 230 g/mol. The van der Waals surface area contributed by atoms with Crippen LogP contribution >= 0.6 is 12.2 Å². The van der Waals surface area contributed by atoms with E-state index in [0.29, 0.717) is 17.1 Å². The first kappa shape index (κ1) is 12.9. The maximum Gasteiger partial charge on any atom is 0.0870 e. The highest BCUT2D eigenvalue weighted by atomic mass is 32.1. The summed E-state index contributed by atoms with van der Waals surface area (Å²) < 4.78 is 5.20. The zero-order valence-corrected chi connectivity index (χ0v) is 10.6. The highest BCUT2D eigenvalue weighted by molar-refractivity contribution is 7.80. The molecule has 1 atom stereocenters. The molecule has 1 aliphatic rings. The van der Waals surface area contributed by atoms with E-state index in [9.17, 15) is 0 Å². The molecule has 15 heavy (non-hydrogen) atoms. The van der Waals surface area contributed by atoms with Gasteiger partial charge in [-0.05, 0) is 19.8 Å². The SMILES string of the molecule is COCC(C)N(CC(N)=S)C1CCCC1. The topological polar surface area (TPSA) is 38.5 Å². The summed E-state index contributed by atoms with van der Waals surface area (Å²) in [6, 6.07) is 1.05. The van der Waals surface area contributed by atoms with Gasteiger partial charge in [0.15, 0.2) is 0 Å². The molecule has 0 aromatic rings. The highest BCUT2D eigenvalue weighted by Crippen LogP contribution is 2.24. The second kappa shape index (κ2) is 6.40. The van der Waals surface area contributed by atoms with Gasteiger partial charge in [-0.1, -0.05) is 25.1 Å². The number of rotatable bonds is 6. The molecule has 0 aliphatic heterocycles. The fourth-order valence-electron chi connectivity index (χ4n) is 2.40. The van der Waals surface area contributed by atoms with E-state index in [1.807, 2.05) is 0 Å². The molecular formula is C11H22N2OS. The van der Waals surface area contributed by atoms with Crippen LogP contribution in [0.3, 0.4) is 0 Å². The van der Waals surface area contributed by atoms with Crippen LogP contribution in [-0.2, 0) is 4.74 Å². The Kier molecular flexibility index (Phi) is 5.50. The lowest BCUT2D eigenvalue weighted by Gasteiger charge is -2.33. The van der Waals surface area contributed by atoms with Crippen LogP contribution in [0.15, 0.2) is 0 Å². The summed E-state index contributed by atoms with van der Waals surface area (Å²) in [7, 11) is 1.74. The third-order valence-corrected chi connectivity index (χ3v) is 3.24. The molecule has 0 radical (unpaired) electrons. The monoisotopic (exact) mass is 230 g/mol. The van der Waals surface area contributed by atoms with Crippen molar-refractivity contribution in [1.29, 1.82) is 0 Å². The second-order valence-corrected chi connectivity index (χ2v) is 4.91. The molecule has 2 N–H and O–H groups in total. The van der Waals surface area contributed by atoms with Crippen molar-refractivity contribution < 1.29 is 4.74 Å². The van der Waals surface area contributed by atoms with E-state index in [4.69, 9.17) is 22.7 Å². The lowest BCUT2D eigenvalue weighted by molar-refractivity contribution is 0.0828. The maximum absolute atomic E-state index is 5.64. The fourth-order valence-corrected chi connectivity index (χ4v) is 2.55. The van der Waals surface area contributed by atoms with Crippen LogP contribution in [0.4, 0.5) is 0 Å². The van der Waals surface area contributed by atoms with Crippen LogP contribution in [-0.4, -0.2) is 42.2 Å². The largest absolute Gasteiger partial charge is 0.392 e. The summed E-state index contributed by atoms with van der Waals surface area (Å²) in [5.41, 5.74) is 5.64. The van der Waals surface area contributed by atoms with Crippen LogP contribution in [0.5, 0.6) is 0 Å². The van der Waals surface area contributed by atoms with Gasteiger partial charge in [-0.15, -0.1) is 0 Å². The van der Waals surface area contributed by atoms with Crippen molar-refractivity contribution in [2.24, 2.45) is 5.73 Å². The Balaban J connectivity index is 2.54. The normalized spacial score (nSPS) is 19.7. The second-order valence-electron chi connectivity index (χ2n) is 4.38. The lowest BCUT2D eigenvalue weighted by atomic mass is 10.1. The molecule has 88 valence electrons. The summed E-state index contributed by atoms with van der Waals surface area (Å²) in [4.78, 5) is 2.99. The first-order valence-corrected chi connectivity index (χ1v) is 6.09. The van der Waals surface area contributed by atoms with E-state index in [1.54, 1.807) is 7.11 Å². The molecule has 0 aromatic carbocycles. The minimum Gasteiger partial charge on any atom is -0.392 e. The molecule has 0 aromatic heterocycles. The Morgan fingerprint density at radius 1 is 1.53 bits per heavy atom. The van der Waals surface area contributed by atoms with Crippen molar-refractivity contribution in [3.05, 3.63) is 0 Å². The van der Waals surface area contributed by atoms with Gasteiger partial charge in [0.2, 0.25) is 0 Å². The lowest BCUT2D eigenvalue weighted by Crippen LogP contribution is -2.46. The molecule has 0 amide bonds. The molecule has 1 fully saturated rings. The molecule has 1 aliphatic carbocycles. The Labute approximate surface area is 98.0 Å². The van der Waals surface area contributed by atoms with Crippen molar-refractivity contribution in [2.75, 3.05) is 20.3 Å². The minimum atomic E-state index is 0.402. The van der Waals surface area contributed by atoms with Crippen LogP contribution < -0.4 is 5.73 Å².